The number of hydrogen-bond acceptors (Lipinski definition) is 4. The van der Waals surface area contributed by atoms with E-state index >= 15 is 0 Å². The molecule has 1 aromatic carbocycles. The highest BCUT2D eigenvalue weighted by Crippen LogP contribution is 2.14. The fraction of sp³-hybridized carbons (Fsp3) is 0.533. The number of nitrogens with one attached hydrogen (secondary N) is 1. The van der Waals surface area contributed by atoms with Gasteiger partial charge in [-0.15, -0.1) is 0 Å². The first-order valence-corrected chi connectivity index (χ1v) is 6.77. The molecule has 0 spiro atoms. The molecule has 0 aliphatic heterocycles. The molecular weight excluding hydrogens is 256 g/mol. The highest BCUT2D eigenvalue weighted by atomic mass is 16.5. The number of methoxy groups -OCH3 is 1. The van der Waals surface area contributed by atoms with Gasteiger partial charge in [-0.1, -0.05) is 26.0 Å². The molecule has 1 amide bonds. The molecule has 3 N–H and O–H groups in total. The van der Waals surface area contributed by atoms with Gasteiger partial charge < -0.3 is 20.5 Å². The molecule has 0 saturated heterocycles. The van der Waals surface area contributed by atoms with E-state index in [4.69, 9.17) is 15.2 Å². The van der Waals surface area contributed by atoms with E-state index < -0.39 is 6.04 Å². The lowest BCUT2D eigenvalue weighted by atomic mass is 10.2. The van der Waals surface area contributed by atoms with E-state index in [1.807, 2.05) is 24.3 Å². The summed E-state index contributed by atoms with van der Waals surface area (Å²) in [6.07, 6.45) is 0. The maximum absolute atomic E-state index is 11.7. The Morgan fingerprint density at radius 1 is 1.35 bits per heavy atom. The van der Waals surface area contributed by atoms with Crippen molar-refractivity contribution in [2.75, 3.05) is 20.3 Å². The van der Waals surface area contributed by atoms with E-state index in [2.05, 4.69) is 19.2 Å². The summed E-state index contributed by atoms with van der Waals surface area (Å²) in [6, 6.07) is 7.03. The molecule has 0 saturated carbocycles. The van der Waals surface area contributed by atoms with Crippen molar-refractivity contribution in [2.24, 2.45) is 11.7 Å². The topological polar surface area (TPSA) is 73.6 Å². The highest BCUT2D eigenvalue weighted by molar-refractivity contribution is 5.81. The van der Waals surface area contributed by atoms with Crippen molar-refractivity contribution < 1.29 is 14.3 Å². The number of amides is 1. The van der Waals surface area contributed by atoms with Crippen LogP contribution in [0.4, 0.5) is 0 Å². The van der Waals surface area contributed by atoms with Gasteiger partial charge in [-0.05, 0) is 23.6 Å². The Balaban J connectivity index is 2.47. The summed E-state index contributed by atoms with van der Waals surface area (Å²) in [7, 11) is 1.52. The van der Waals surface area contributed by atoms with E-state index in [0.717, 1.165) is 11.3 Å². The minimum Gasteiger partial charge on any atom is -0.493 e. The third kappa shape index (κ3) is 6.04. The van der Waals surface area contributed by atoms with Crippen LogP contribution in [0.25, 0.3) is 0 Å². The average Bonchev–Trinajstić information content (AvgIpc) is 2.43. The molecule has 1 unspecified atom stereocenters. The second-order valence-corrected chi connectivity index (χ2v) is 5.13. The highest BCUT2D eigenvalue weighted by Gasteiger charge is 2.12. The molecule has 0 aliphatic rings. The van der Waals surface area contributed by atoms with Crippen LogP contribution in [0.5, 0.6) is 5.75 Å². The predicted octanol–water partition coefficient (Wildman–Crippen LogP) is 1.31. The first-order valence-electron chi connectivity index (χ1n) is 6.77. The van der Waals surface area contributed by atoms with Crippen LogP contribution in [0.3, 0.4) is 0 Å². The first kappa shape index (κ1) is 16.5. The van der Waals surface area contributed by atoms with Gasteiger partial charge in [-0.2, -0.15) is 0 Å². The lowest BCUT2D eigenvalue weighted by Gasteiger charge is -2.12. The number of ether oxygens (including phenoxy) is 2. The van der Waals surface area contributed by atoms with E-state index in [-0.39, 0.29) is 12.5 Å². The van der Waals surface area contributed by atoms with Crippen LogP contribution in [-0.4, -0.2) is 32.3 Å². The predicted molar refractivity (Wildman–Crippen MR) is 78.5 cm³/mol. The van der Waals surface area contributed by atoms with Gasteiger partial charge in [0, 0.05) is 13.7 Å². The Bertz CT molecular complexity index is 421. The van der Waals surface area contributed by atoms with Crippen molar-refractivity contribution in [3.8, 4) is 5.75 Å². The average molecular weight is 280 g/mol. The number of benzene rings is 1. The molecule has 1 aromatic rings. The quantitative estimate of drug-likeness (QED) is 0.753. The SMILES string of the molecule is COCC(N)C(=O)NCc1cccc(OCC(C)C)c1. The summed E-state index contributed by atoms with van der Waals surface area (Å²) < 4.78 is 10.5. The Hall–Kier alpha value is -1.59. The summed E-state index contributed by atoms with van der Waals surface area (Å²) in [5, 5.41) is 2.78. The Kier molecular flexibility index (Phi) is 7.04. The van der Waals surface area contributed by atoms with Crippen molar-refractivity contribution in [1.29, 1.82) is 0 Å². The van der Waals surface area contributed by atoms with Crippen LogP contribution in [0, 0.1) is 5.92 Å². The van der Waals surface area contributed by atoms with Gasteiger partial charge in [0.2, 0.25) is 5.91 Å². The fourth-order valence-electron chi connectivity index (χ4n) is 1.58. The second-order valence-electron chi connectivity index (χ2n) is 5.13. The van der Waals surface area contributed by atoms with Gasteiger partial charge in [-0.25, -0.2) is 0 Å². The van der Waals surface area contributed by atoms with Crippen LogP contribution in [0.2, 0.25) is 0 Å². The molecule has 112 valence electrons. The number of rotatable bonds is 8. The zero-order chi connectivity index (χ0) is 15.0. The zero-order valence-electron chi connectivity index (χ0n) is 12.4. The molecule has 5 nitrogen and oxygen atoms in total. The van der Waals surface area contributed by atoms with Crippen LogP contribution in [0.1, 0.15) is 19.4 Å². The molecule has 0 heterocycles. The zero-order valence-corrected chi connectivity index (χ0v) is 12.4. The number of nitrogens with two attached hydrogens (primary N) is 1. The minimum atomic E-state index is -0.639. The number of carbonyl (C=O) groups is 1. The molecule has 1 rings (SSSR count). The normalized spacial score (nSPS) is 12.2. The molecule has 1 atom stereocenters. The summed E-state index contributed by atoms with van der Waals surface area (Å²) in [6.45, 7) is 5.51. The second kappa shape index (κ2) is 8.55. The molecule has 0 aromatic heterocycles. The lowest BCUT2D eigenvalue weighted by Crippen LogP contribution is -2.43. The monoisotopic (exact) mass is 280 g/mol. The molecule has 0 bridgehead atoms. The van der Waals surface area contributed by atoms with Gasteiger partial charge in [0.25, 0.3) is 0 Å². The van der Waals surface area contributed by atoms with Crippen molar-refractivity contribution in [3.05, 3.63) is 29.8 Å². The minimum absolute atomic E-state index is 0.212. The van der Waals surface area contributed by atoms with Gasteiger partial charge in [-0.3, -0.25) is 4.79 Å². The van der Waals surface area contributed by atoms with Crippen LogP contribution < -0.4 is 15.8 Å². The Morgan fingerprint density at radius 2 is 2.10 bits per heavy atom. The molecule has 5 heteroatoms. The van der Waals surface area contributed by atoms with Crippen LogP contribution in [0.15, 0.2) is 24.3 Å². The number of carbonyl (C=O) groups excluding carboxylic acids is 1. The largest absolute Gasteiger partial charge is 0.493 e. The lowest BCUT2D eigenvalue weighted by molar-refractivity contribution is -0.123. The maximum atomic E-state index is 11.7. The summed E-state index contributed by atoms with van der Waals surface area (Å²) in [5.41, 5.74) is 6.62. The molecule has 0 fully saturated rings. The fourth-order valence-corrected chi connectivity index (χ4v) is 1.58. The van der Waals surface area contributed by atoms with Crippen molar-refractivity contribution >= 4 is 5.91 Å². The first-order chi connectivity index (χ1) is 9.52. The van der Waals surface area contributed by atoms with Gasteiger partial charge in [0.1, 0.15) is 11.8 Å². The van der Waals surface area contributed by atoms with E-state index in [1.165, 1.54) is 7.11 Å². The summed E-state index contributed by atoms with van der Waals surface area (Å²) in [4.78, 5) is 11.7. The Morgan fingerprint density at radius 3 is 2.75 bits per heavy atom. The summed E-state index contributed by atoms with van der Waals surface area (Å²) >= 11 is 0. The van der Waals surface area contributed by atoms with Gasteiger partial charge >= 0.3 is 0 Å². The van der Waals surface area contributed by atoms with E-state index in [1.54, 1.807) is 0 Å². The van der Waals surface area contributed by atoms with Crippen molar-refractivity contribution in [2.45, 2.75) is 26.4 Å². The maximum Gasteiger partial charge on any atom is 0.239 e. The Labute approximate surface area is 120 Å². The third-order valence-electron chi connectivity index (χ3n) is 2.63. The third-order valence-corrected chi connectivity index (χ3v) is 2.63. The molecule has 0 aliphatic carbocycles. The smallest absolute Gasteiger partial charge is 0.239 e. The van der Waals surface area contributed by atoms with E-state index in [9.17, 15) is 4.79 Å². The molecule has 0 radical (unpaired) electrons. The number of hydrogen-bond donors (Lipinski definition) is 2. The molecule has 20 heavy (non-hydrogen) atoms. The van der Waals surface area contributed by atoms with Gasteiger partial charge in [0.15, 0.2) is 0 Å². The van der Waals surface area contributed by atoms with E-state index in [0.29, 0.717) is 19.1 Å². The molecular formula is C15H24N2O3. The van der Waals surface area contributed by atoms with Crippen molar-refractivity contribution in [3.63, 3.8) is 0 Å². The summed E-state index contributed by atoms with van der Waals surface area (Å²) in [5.74, 6) is 1.07. The standard InChI is InChI=1S/C15H24N2O3/c1-11(2)9-20-13-6-4-5-12(7-13)8-17-15(18)14(16)10-19-3/h4-7,11,14H,8-10,16H2,1-3H3,(H,17,18). The van der Waals surface area contributed by atoms with Gasteiger partial charge in [0.05, 0.1) is 13.2 Å². The van der Waals surface area contributed by atoms with Crippen molar-refractivity contribution in [1.82, 2.24) is 5.32 Å². The van der Waals surface area contributed by atoms with Crippen LogP contribution in [-0.2, 0) is 16.1 Å². The van der Waals surface area contributed by atoms with Crippen LogP contribution >= 0.6 is 0 Å².